The molecule has 0 aliphatic rings. The number of oxazole rings is 1. The molecule has 0 saturated carbocycles. The van der Waals surface area contributed by atoms with E-state index in [4.69, 9.17) is 14.9 Å². The van der Waals surface area contributed by atoms with E-state index in [2.05, 4.69) is 0 Å². The van der Waals surface area contributed by atoms with Crippen LogP contribution in [0.25, 0.3) is 11.1 Å². The number of fused-ring (bicyclic) bond motifs is 1. The van der Waals surface area contributed by atoms with E-state index in [9.17, 15) is 4.79 Å². The molecular weight excluding hydrogens is 220 g/mol. The van der Waals surface area contributed by atoms with Crippen LogP contribution in [0.1, 0.15) is 6.92 Å². The summed E-state index contributed by atoms with van der Waals surface area (Å²) in [5.41, 5.74) is 6.96. The highest BCUT2D eigenvalue weighted by Crippen LogP contribution is 2.12. The third-order valence-corrected chi connectivity index (χ3v) is 2.63. The molecule has 0 radical (unpaired) electrons. The van der Waals surface area contributed by atoms with Gasteiger partial charge in [0.1, 0.15) is 0 Å². The number of nitrogens with two attached hydrogens (primary N) is 1. The summed E-state index contributed by atoms with van der Waals surface area (Å²) in [6.45, 7) is 3.27. The van der Waals surface area contributed by atoms with Gasteiger partial charge in [0.05, 0.1) is 18.2 Å². The Morgan fingerprint density at radius 2 is 2.24 bits per heavy atom. The van der Waals surface area contributed by atoms with Crippen LogP contribution in [0.4, 0.5) is 0 Å². The molecule has 2 rings (SSSR count). The van der Waals surface area contributed by atoms with Crippen LogP contribution in [0.2, 0.25) is 0 Å². The van der Waals surface area contributed by atoms with Crippen molar-refractivity contribution in [2.24, 2.45) is 5.73 Å². The predicted molar refractivity (Wildman–Crippen MR) is 64.9 cm³/mol. The maximum absolute atomic E-state index is 11.7. The van der Waals surface area contributed by atoms with Gasteiger partial charge in [-0.05, 0) is 19.1 Å². The molecule has 0 aliphatic heterocycles. The minimum Gasteiger partial charge on any atom is -0.408 e. The van der Waals surface area contributed by atoms with Crippen molar-refractivity contribution in [3.8, 4) is 0 Å². The fourth-order valence-corrected chi connectivity index (χ4v) is 1.82. The molecule has 2 aromatic rings. The Balaban J connectivity index is 2.34. The molecule has 0 amide bonds. The number of para-hydroxylation sites is 2. The third kappa shape index (κ3) is 2.40. The molecule has 5 heteroatoms. The zero-order chi connectivity index (χ0) is 12.3. The summed E-state index contributed by atoms with van der Waals surface area (Å²) in [6.07, 6.45) is -0.168. The molecule has 0 aliphatic carbocycles. The van der Waals surface area contributed by atoms with Crippen LogP contribution in [0, 0.1) is 0 Å². The minimum absolute atomic E-state index is 0.168. The van der Waals surface area contributed by atoms with Gasteiger partial charge in [-0.3, -0.25) is 4.57 Å². The van der Waals surface area contributed by atoms with Crippen molar-refractivity contribution in [1.82, 2.24) is 4.57 Å². The number of hydrogen-bond donors (Lipinski definition) is 1. The van der Waals surface area contributed by atoms with Crippen LogP contribution < -0.4 is 11.5 Å². The van der Waals surface area contributed by atoms with Crippen molar-refractivity contribution in [1.29, 1.82) is 0 Å². The van der Waals surface area contributed by atoms with E-state index < -0.39 is 0 Å². The van der Waals surface area contributed by atoms with Gasteiger partial charge in [0.2, 0.25) is 0 Å². The van der Waals surface area contributed by atoms with Crippen LogP contribution in [-0.4, -0.2) is 23.8 Å². The maximum atomic E-state index is 11.7. The number of aromatic nitrogens is 1. The quantitative estimate of drug-likeness (QED) is 0.839. The molecule has 0 fully saturated rings. The van der Waals surface area contributed by atoms with Crippen LogP contribution >= 0.6 is 0 Å². The lowest BCUT2D eigenvalue weighted by Crippen LogP contribution is -2.31. The number of benzene rings is 1. The number of rotatable bonds is 5. The van der Waals surface area contributed by atoms with Gasteiger partial charge < -0.3 is 14.9 Å². The molecule has 0 bridgehead atoms. The fourth-order valence-electron chi connectivity index (χ4n) is 1.82. The second kappa shape index (κ2) is 5.16. The van der Waals surface area contributed by atoms with E-state index in [0.717, 1.165) is 5.52 Å². The maximum Gasteiger partial charge on any atom is 0.420 e. The predicted octanol–water partition coefficient (Wildman–Crippen LogP) is 0.958. The van der Waals surface area contributed by atoms with Crippen molar-refractivity contribution in [3.05, 3.63) is 34.8 Å². The molecule has 1 heterocycles. The molecule has 0 spiro atoms. The SMILES string of the molecule is CCOC(CN)Cn1c(=O)oc2ccccc21. The third-order valence-electron chi connectivity index (χ3n) is 2.63. The summed E-state index contributed by atoms with van der Waals surface area (Å²) in [4.78, 5) is 11.7. The first-order chi connectivity index (χ1) is 8.26. The second-order valence-corrected chi connectivity index (χ2v) is 3.76. The molecule has 1 aromatic carbocycles. The Labute approximate surface area is 98.8 Å². The van der Waals surface area contributed by atoms with E-state index in [1.54, 1.807) is 10.6 Å². The molecule has 2 N–H and O–H groups in total. The normalized spacial score (nSPS) is 13.1. The van der Waals surface area contributed by atoms with Crippen molar-refractivity contribution >= 4 is 11.1 Å². The lowest BCUT2D eigenvalue weighted by Gasteiger charge is -2.14. The summed E-state index contributed by atoms with van der Waals surface area (Å²) in [6, 6.07) is 7.32. The molecule has 17 heavy (non-hydrogen) atoms. The summed E-state index contributed by atoms with van der Waals surface area (Å²) in [5.74, 6) is -0.371. The van der Waals surface area contributed by atoms with Crippen molar-refractivity contribution in [3.63, 3.8) is 0 Å². The lowest BCUT2D eigenvalue weighted by molar-refractivity contribution is 0.0561. The van der Waals surface area contributed by atoms with Crippen LogP contribution in [0.3, 0.4) is 0 Å². The molecule has 5 nitrogen and oxygen atoms in total. The zero-order valence-corrected chi connectivity index (χ0v) is 9.76. The van der Waals surface area contributed by atoms with Gasteiger partial charge in [-0.25, -0.2) is 4.79 Å². The average Bonchev–Trinajstić information content (AvgIpc) is 2.65. The van der Waals surface area contributed by atoms with Gasteiger partial charge in [-0.15, -0.1) is 0 Å². The van der Waals surface area contributed by atoms with E-state index in [1.807, 2.05) is 25.1 Å². The molecule has 92 valence electrons. The lowest BCUT2D eigenvalue weighted by atomic mass is 10.3. The summed E-state index contributed by atoms with van der Waals surface area (Å²) in [5, 5.41) is 0. The molecule has 1 unspecified atom stereocenters. The summed E-state index contributed by atoms with van der Waals surface area (Å²) < 4.78 is 12.1. The van der Waals surface area contributed by atoms with E-state index in [0.29, 0.717) is 25.3 Å². The first-order valence-electron chi connectivity index (χ1n) is 5.66. The average molecular weight is 236 g/mol. The van der Waals surface area contributed by atoms with E-state index in [-0.39, 0.29) is 11.9 Å². The Kier molecular flexibility index (Phi) is 3.61. The zero-order valence-electron chi connectivity index (χ0n) is 9.76. The Morgan fingerprint density at radius 3 is 2.94 bits per heavy atom. The molecular formula is C12H16N2O3. The number of nitrogens with zero attached hydrogens (tertiary/aromatic N) is 1. The highest BCUT2D eigenvalue weighted by Gasteiger charge is 2.13. The van der Waals surface area contributed by atoms with Gasteiger partial charge in [0.25, 0.3) is 0 Å². The largest absolute Gasteiger partial charge is 0.420 e. The van der Waals surface area contributed by atoms with Gasteiger partial charge in [0, 0.05) is 13.2 Å². The standard InChI is InChI=1S/C12H16N2O3/c1-2-16-9(7-13)8-14-10-5-3-4-6-11(10)17-12(14)15/h3-6,9H,2,7-8,13H2,1H3. The molecule has 1 aromatic heterocycles. The highest BCUT2D eigenvalue weighted by atomic mass is 16.5. The van der Waals surface area contributed by atoms with Crippen molar-refractivity contribution < 1.29 is 9.15 Å². The molecule has 1 atom stereocenters. The minimum atomic E-state index is -0.371. The fraction of sp³-hybridized carbons (Fsp3) is 0.417. The van der Waals surface area contributed by atoms with Gasteiger partial charge in [-0.2, -0.15) is 0 Å². The topological polar surface area (TPSA) is 70.4 Å². The van der Waals surface area contributed by atoms with Crippen LogP contribution in [0.5, 0.6) is 0 Å². The van der Waals surface area contributed by atoms with Gasteiger partial charge in [0.15, 0.2) is 5.58 Å². The smallest absolute Gasteiger partial charge is 0.408 e. The Morgan fingerprint density at radius 1 is 1.47 bits per heavy atom. The second-order valence-electron chi connectivity index (χ2n) is 3.76. The van der Waals surface area contributed by atoms with Crippen molar-refractivity contribution in [2.45, 2.75) is 19.6 Å². The van der Waals surface area contributed by atoms with Gasteiger partial charge in [-0.1, -0.05) is 12.1 Å². The van der Waals surface area contributed by atoms with Crippen LogP contribution in [0.15, 0.2) is 33.5 Å². The van der Waals surface area contributed by atoms with Crippen LogP contribution in [-0.2, 0) is 11.3 Å². The van der Waals surface area contributed by atoms with E-state index >= 15 is 0 Å². The summed E-state index contributed by atoms with van der Waals surface area (Å²) >= 11 is 0. The van der Waals surface area contributed by atoms with E-state index in [1.165, 1.54) is 0 Å². The first kappa shape index (κ1) is 11.9. The summed E-state index contributed by atoms with van der Waals surface area (Å²) in [7, 11) is 0. The number of hydrogen-bond acceptors (Lipinski definition) is 4. The molecule has 0 saturated heterocycles. The highest BCUT2D eigenvalue weighted by molar-refractivity contribution is 5.72. The number of ether oxygens (including phenoxy) is 1. The Hall–Kier alpha value is -1.59. The Bertz CT molecular complexity index is 544. The first-order valence-corrected chi connectivity index (χ1v) is 5.66. The van der Waals surface area contributed by atoms with Crippen molar-refractivity contribution in [2.75, 3.05) is 13.2 Å². The monoisotopic (exact) mass is 236 g/mol. The van der Waals surface area contributed by atoms with Gasteiger partial charge >= 0.3 is 5.76 Å².